The molecule has 142 valence electrons. The van der Waals surface area contributed by atoms with Crippen LogP contribution in [0.1, 0.15) is 20.8 Å². The van der Waals surface area contributed by atoms with Gasteiger partial charge in [0, 0.05) is 10.4 Å². The van der Waals surface area contributed by atoms with E-state index in [0.717, 1.165) is 11.3 Å². The molecule has 6 nitrogen and oxygen atoms in total. The third kappa shape index (κ3) is 6.41. The monoisotopic (exact) mass is 408 g/mol. The van der Waals surface area contributed by atoms with Crippen LogP contribution in [0.25, 0.3) is 0 Å². The van der Waals surface area contributed by atoms with Crippen LogP contribution in [-0.4, -0.2) is 27.1 Å². The highest BCUT2D eigenvalue weighted by Gasteiger charge is 2.27. The summed E-state index contributed by atoms with van der Waals surface area (Å²) in [6.45, 7) is -1.43. The molecular weight excluding hydrogens is 393 g/mol. The van der Waals surface area contributed by atoms with Crippen molar-refractivity contribution in [2.24, 2.45) is 5.14 Å². The van der Waals surface area contributed by atoms with Crippen molar-refractivity contribution in [3.8, 4) is 0 Å². The highest BCUT2D eigenvalue weighted by atomic mass is 32.2. The topological polar surface area (TPSA) is 98.5 Å². The van der Waals surface area contributed by atoms with Crippen LogP contribution in [-0.2, 0) is 27.9 Å². The number of hydrogen-bond donors (Lipinski definition) is 2. The predicted octanol–water partition coefficient (Wildman–Crippen LogP) is 2.40. The summed E-state index contributed by atoms with van der Waals surface area (Å²) in [5, 5.41) is 7.63. The number of primary sulfonamides is 1. The Labute approximate surface area is 151 Å². The Morgan fingerprint density at radius 3 is 2.35 bits per heavy atom. The van der Waals surface area contributed by atoms with Gasteiger partial charge in [0.25, 0.3) is 5.91 Å². The number of ether oxygens (including phenoxy) is 1. The van der Waals surface area contributed by atoms with E-state index in [1.54, 1.807) is 6.07 Å². The minimum Gasteiger partial charge on any atom is -0.367 e. The van der Waals surface area contributed by atoms with E-state index in [-0.39, 0.29) is 17.4 Å². The molecule has 0 spiro atoms. The number of nitrogens with two attached hydrogens (primary N) is 1. The second kappa shape index (κ2) is 8.16. The summed E-state index contributed by atoms with van der Waals surface area (Å²) < 4.78 is 62.9. The largest absolute Gasteiger partial charge is 0.411 e. The number of rotatable bonds is 7. The molecule has 1 heterocycles. The second-order valence-corrected chi connectivity index (χ2v) is 8.21. The summed E-state index contributed by atoms with van der Waals surface area (Å²) in [5.41, 5.74) is 0.814. The maximum atomic E-state index is 12.0. The number of alkyl halides is 3. The molecule has 0 saturated heterocycles. The number of halogens is 3. The maximum absolute atomic E-state index is 12.0. The molecule has 0 aliphatic rings. The lowest BCUT2D eigenvalue weighted by atomic mass is 10.1. The molecule has 0 aliphatic heterocycles. The Hall–Kier alpha value is -1.95. The first-order chi connectivity index (χ1) is 12.0. The van der Waals surface area contributed by atoms with Crippen molar-refractivity contribution in [1.82, 2.24) is 5.32 Å². The molecule has 0 saturated carbocycles. The zero-order valence-electron chi connectivity index (χ0n) is 13.2. The molecule has 2 rings (SSSR count). The fourth-order valence-electron chi connectivity index (χ4n) is 1.91. The fraction of sp³-hybridized carbons (Fsp3) is 0.267. The van der Waals surface area contributed by atoms with Crippen LogP contribution < -0.4 is 10.5 Å². The van der Waals surface area contributed by atoms with E-state index in [2.05, 4.69) is 10.1 Å². The number of nitrogens with one attached hydrogen (secondary N) is 1. The van der Waals surface area contributed by atoms with Crippen LogP contribution in [0.3, 0.4) is 0 Å². The highest BCUT2D eigenvalue weighted by molar-refractivity contribution is 7.91. The minimum absolute atomic E-state index is 0.00459. The molecule has 1 aromatic heterocycles. The number of hydrogen-bond acceptors (Lipinski definition) is 5. The molecular formula is C15H15F3N2O4S2. The SMILES string of the molecule is NS(=O)(=O)c1ccc(CNC(=O)c2ccc(COCC(F)(F)F)cc2)s1. The van der Waals surface area contributed by atoms with Gasteiger partial charge in [0.2, 0.25) is 10.0 Å². The average Bonchev–Trinajstić information content (AvgIpc) is 3.01. The third-order valence-corrected chi connectivity index (χ3v) is 5.61. The van der Waals surface area contributed by atoms with E-state index in [4.69, 9.17) is 5.14 Å². The fourth-order valence-corrected chi connectivity index (χ4v) is 3.63. The molecule has 26 heavy (non-hydrogen) atoms. The third-order valence-electron chi connectivity index (χ3n) is 3.09. The Balaban J connectivity index is 1.87. The highest BCUT2D eigenvalue weighted by Crippen LogP contribution is 2.20. The Morgan fingerprint density at radius 1 is 1.15 bits per heavy atom. The van der Waals surface area contributed by atoms with Gasteiger partial charge in [-0.2, -0.15) is 13.2 Å². The van der Waals surface area contributed by atoms with Gasteiger partial charge in [-0.3, -0.25) is 4.79 Å². The quantitative estimate of drug-likeness (QED) is 0.735. The number of sulfonamides is 1. The van der Waals surface area contributed by atoms with Crippen LogP contribution in [0, 0.1) is 0 Å². The summed E-state index contributed by atoms with van der Waals surface area (Å²) in [5.74, 6) is -0.404. The number of carbonyl (C=O) groups is 1. The van der Waals surface area contributed by atoms with E-state index >= 15 is 0 Å². The molecule has 0 atom stereocenters. The van der Waals surface area contributed by atoms with Crippen molar-refractivity contribution in [2.75, 3.05) is 6.61 Å². The summed E-state index contributed by atoms with van der Waals surface area (Å²) in [6.07, 6.45) is -4.38. The van der Waals surface area contributed by atoms with E-state index in [1.807, 2.05) is 0 Å². The zero-order valence-corrected chi connectivity index (χ0v) is 14.9. The number of amides is 1. The molecule has 0 unspecified atom stereocenters. The molecule has 11 heteroatoms. The van der Waals surface area contributed by atoms with Crippen LogP contribution in [0.4, 0.5) is 13.2 Å². The van der Waals surface area contributed by atoms with Gasteiger partial charge in [0.05, 0.1) is 13.2 Å². The molecule has 0 radical (unpaired) electrons. The van der Waals surface area contributed by atoms with Crippen LogP contribution in [0.2, 0.25) is 0 Å². The van der Waals surface area contributed by atoms with Crippen LogP contribution in [0.15, 0.2) is 40.6 Å². The average molecular weight is 408 g/mol. The first kappa shape index (κ1) is 20.4. The smallest absolute Gasteiger partial charge is 0.367 e. The predicted molar refractivity (Wildman–Crippen MR) is 89.0 cm³/mol. The standard InChI is InChI=1S/C15H15F3N2O4S2/c16-15(17,18)9-24-8-10-1-3-11(4-2-10)14(21)20-7-12-5-6-13(25-12)26(19,22)23/h1-6H,7-9H2,(H,20,21)(H2,19,22,23). The zero-order chi connectivity index (χ0) is 19.4. The number of benzene rings is 1. The van der Waals surface area contributed by atoms with Gasteiger partial charge in [-0.15, -0.1) is 11.3 Å². The van der Waals surface area contributed by atoms with E-state index in [9.17, 15) is 26.4 Å². The number of carbonyl (C=O) groups excluding carboxylic acids is 1. The van der Waals surface area contributed by atoms with E-state index in [0.29, 0.717) is 16.0 Å². The van der Waals surface area contributed by atoms with Gasteiger partial charge in [-0.1, -0.05) is 12.1 Å². The van der Waals surface area contributed by atoms with Gasteiger partial charge >= 0.3 is 6.18 Å². The summed E-state index contributed by atoms with van der Waals surface area (Å²) in [7, 11) is -3.77. The van der Waals surface area contributed by atoms with Crippen molar-refractivity contribution in [2.45, 2.75) is 23.5 Å². The maximum Gasteiger partial charge on any atom is 0.411 e. The second-order valence-electron chi connectivity index (χ2n) is 5.25. The molecule has 0 bridgehead atoms. The lowest BCUT2D eigenvalue weighted by Gasteiger charge is -2.08. The molecule has 1 aromatic carbocycles. The van der Waals surface area contributed by atoms with Crippen molar-refractivity contribution in [3.63, 3.8) is 0 Å². The minimum atomic E-state index is -4.38. The molecule has 0 aliphatic carbocycles. The van der Waals surface area contributed by atoms with Gasteiger partial charge in [-0.25, -0.2) is 13.6 Å². The number of thiophene rings is 1. The van der Waals surface area contributed by atoms with Crippen LogP contribution in [0.5, 0.6) is 0 Å². The lowest BCUT2D eigenvalue weighted by molar-refractivity contribution is -0.176. The first-order valence-electron chi connectivity index (χ1n) is 7.18. The molecule has 0 fully saturated rings. The summed E-state index contributed by atoms with van der Waals surface area (Å²) in [6, 6.07) is 8.83. The van der Waals surface area contributed by atoms with Crippen molar-refractivity contribution >= 4 is 27.3 Å². The molecule has 1 amide bonds. The van der Waals surface area contributed by atoms with Gasteiger partial charge < -0.3 is 10.1 Å². The van der Waals surface area contributed by atoms with Gasteiger partial charge in [0.1, 0.15) is 10.8 Å². The lowest BCUT2D eigenvalue weighted by Crippen LogP contribution is -2.22. The molecule has 3 N–H and O–H groups in total. The first-order valence-corrected chi connectivity index (χ1v) is 9.54. The van der Waals surface area contributed by atoms with Crippen molar-refractivity contribution in [1.29, 1.82) is 0 Å². The molecule has 2 aromatic rings. The Morgan fingerprint density at radius 2 is 1.81 bits per heavy atom. The van der Waals surface area contributed by atoms with E-state index in [1.165, 1.54) is 30.3 Å². The van der Waals surface area contributed by atoms with E-state index < -0.39 is 28.7 Å². The van der Waals surface area contributed by atoms with Gasteiger partial charge in [-0.05, 0) is 29.8 Å². The van der Waals surface area contributed by atoms with Crippen molar-refractivity contribution in [3.05, 3.63) is 52.4 Å². The van der Waals surface area contributed by atoms with Crippen molar-refractivity contribution < 1.29 is 31.1 Å². The normalized spacial score (nSPS) is 12.2. The van der Waals surface area contributed by atoms with Gasteiger partial charge in [0.15, 0.2) is 0 Å². The van der Waals surface area contributed by atoms with Crippen LogP contribution >= 0.6 is 11.3 Å². The summed E-state index contributed by atoms with van der Waals surface area (Å²) >= 11 is 0.954. The summed E-state index contributed by atoms with van der Waals surface area (Å²) in [4.78, 5) is 12.7. The Kier molecular flexibility index (Phi) is 6.39. The Bertz CT molecular complexity index is 862.